The number of aromatic amines is 1. The molecule has 0 unspecified atom stereocenters. The van der Waals surface area contributed by atoms with Crippen molar-refractivity contribution in [1.82, 2.24) is 15.5 Å². The molecule has 1 heterocycles. The lowest BCUT2D eigenvalue weighted by molar-refractivity contribution is 0.902. The molecule has 1 aromatic heterocycles. The average molecular weight is 268 g/mol. The third-order valence-electron chi connectivity index (χ3n) is 2.85. The molecule has 2 aromatic rings. The van der Waals surface area contributed by atoms with Crippen molar-refractivity contribution in [2.45, 2.75) is 20.3 Å². The average Bonchev–Trinajstić information content (AvgIpc) is 2.82. The van der Waals surface area contributed by atoms with Crippen LogP contribution in [-0.2, 0) is 6.42 Å². The molecule has 0 atom stereocenters. The zero-order valence-electron chi connectivity index (χ0n) is 12.0. The number of H-pyrrole nitrogens is 1. The van der Waals surface area contributed by atoms with Gasteiger partial charge in [-0.3, -0.25) is 10.1 Å². The van der Waals surface area contributed by atoms with E-state index in [1.165, 1.54) is 5.39 Å². The van der Waals surface area contributed by atoms with E-state index in [9.17, 15) is 0 Å². The summed E-state index contributed by atoms with van der Waals surface area (Å²) in [5.41, 5.74) is 3.01. The van der Waals surface area contributed by atoms with Gasteiger partial charge in [0.1, 0.15) is 5.84 Å². The first-order valence-electron chi connectivity index (χ1n) is 6.72. The van der Waals surface area contributed by atoms with Crippen molar-refractivity contribution < 1.29 is 0 Å². The predicted molar refractivity (Wildman–Crippen MR) is 84.9 cm³/mol. The molecule has 0 aliphatic carbocycles. The second kappa shape index (κ2) is 6.70. The highest BCUT2D eigenvalue weighted by atomic mass is 15.1. The number of allylic oxidation sites excluding steroid dienone is 2. The second-order valence-corrected chi connectivity index (χ2v) is 4.64. The molecule has 0 aliphatic rings. The molecule has 0 radical (unpaired) electrons. The molecule has 20 heavy (non-hydrogen) atoms. The highest BCUT2D eigenvalue weighted by Crippen LogP contribution is 2.15. The van der Waals surface area contributed by atoms with Gasteiger partial charge in [-0.15, -0.1) is 0 Å². The largest absolute Gasteiger partial charge is 0.345 e. The Hall–Kier alpha value is -2.36. The van der Waals surface area contributed by atoms with E-state index in [1.54, 1.807) is 0 Å². The minimum atomic E-state index is 0.701. The van der Waals surface area contributed by atoms with Gasteiger partial charge in [-0.1, -0.05) is 30.9 Å². The summed E-state index contributed by atoms with van der Waals surface area (Å²) in [6.07, 6.45) is 4.74. The third kappa shape index (κ3) is 3.57. The summed E-state index contributed by atoms with van der Waals surface area (Å²) >= 11 is 0. The number of aromatic nitrogens is 2. The SMILES string of the molecule is C=C(C)NC(/C=C\C)=NCCc1[nH]nc2ccccc12. The molecule has 0 fully saturated rings. The number of aliphatic imine (C=N–C) groups is 1. The van der Waals surface area contributed by atoms with Crippen molar-refractivity contribution in [3.63, 3.8) is 0 Å². The van der Waals surface area contributed by atoms with Crippen LogP contribution in [0.4, 0.5) is 0 Å². The Bertz CT molecular complexity index is 649. The molecule has 4 nitrogen and oxygen atoms in total. The Balaban J connectivity index is 2.05. The Morgan fingerprint density at radius 2 is 2.25 bits per heavy atom. The number of benzene rings is 1. The fourth-order valence-electron chi connectivity index (χ4n) is 2.00. The highest BCUT2D eigenvalue weighted by molar-refractivity contribution is 5.94. The Labute approximate surface area is 119 Å². The molecular formula is C16H20N4. The predicted octanol–water partition coefficient (Wildman–Crippen LogP) is 3.20. The van der Waals surface area contributed by atoms with Crippen molar-refractivity contribution in [3.8, 4) is 0 Å². The number of nitrogens with one attached hydrogen (secondary N) is 2. The van der Waals surface area contributed by atoms with Crippen LogP contribution in [0.3, 0.4) is 0 Å². The molecule has 4 heteroatoms. The normalized spacial score (nSPS) is 12.2. The summed E-state index contributed by atoms with van der Waals surface area (Å²) in [7, 11) is 0. The van der Waals surface area contributed by atoms with Crippen molar-refractivity contribution >= 4 is 16.7 Å². The zero-order valence-corrected chi connectivity index (χ0v) is 12.0. The molecule has 0 bridgehead atoms. The van der Waals surface area contributed by atoms with E-state index in [2.05, 4.69) is 33.2 Å². The molecule has 0 spiro atoms. The Morgan fingerprint density at radius 1 is 1.45 bits per heavy atom. The fraction of sp³-hybridized carbons (Fsp3) is 0.250. The molecule has 0 saturated carbocycles. The summed E-state index contributed by atoms with van der Waals surface area (Å²) in [5, 5.41) is 11.7. The van der Waals surface area contributed by atoms with Crippen LogP contribution in [0.1, 0.15) is 19.5 Å². The smallest absolute Gasteiger partial charge is 0.124 e. The van der Waals surface area contributed by atoms with Gasteiger partial charge in [-0.05, 0) is 26.0 Å². The molecule has 0 saturated heterocycles. The van der Waals surface area contributed by atoms with Crippen LogP contribution in [0.15, 0.2) is 53.7 Å². The molecule has 0 aliphatic heterocycles. The van der Waals surface area contributed by atoms with Gasteiger partial charge in [-0.2, -0.15) is 5.10 Å². The lowest BCUT2D eigenvalue weighted by atomic mass is 10.2. The van der Waals surface area contributed by atoms with Crippen molar-refractivity contribution in [1.29, 1.82) is 0 Å². The number of hydrogen-bond donors (Lipinski definition) is 2. The van der Waals surface area contributed by atoms with Gasteiger partial charge in [-0.25, -0.2) is 0 Å². The van der Waals surface area contributed by atoms with Gasteiger partial charge in [0.25, 0.3) is 0 Å². The van der Waals surface area contributed by atoms with E-state index in [0.717, 1.165) is 29.2 Å². The fourth-order valence-corrected chi connectivity index (χ4v) is 2.00. The van der Waals surface area contributed by atoms with Crippen LogP contribution in [0.5, 0.6) is 0 Å². The van der Waals surface area contributed by atoms with Crippen molar-refractivity contribution in [2.24, 2.45) is 4.99 Å². The first-order valence-corrected chi connectivity index (χ1v) is 6.72. The van der Waals surface area contributed by atoms with E-state index in [-0.39, 0.29) is 0 Å². The van der Waals surface area contributed by atoms with E-state index in [0.29, 0.717) is 6.54 Å². The molecule has 2 N–H and O–H groups in total. The third-order valence-corrected chi connectivity index (χ3v) is 2.85. The van der Waals surface area contributed by atoms with Crippen LogP contribution < -0.4 is 5.32 Å². The molecular weight excluding hydrogens is 248 g/mol. The summed E-state index contributed by atoms with van der Waals surface area (Å²) in [6.45, 7) is 8.42. The number of para-hydroxylation sites is 1. The van der Waals surface area contributed by atoms with E-state index in [4.69, 9.17) is 0 Å². The molecule has 1 aromatic carbocycles. The van der Waals surface area contributed by atoms with E-state index >= 15 is 0 Å². The summed E-state index contributed by atoms with van der Waals surface area (Å²) < 4.78 is 0. The van der Waals surface area contributed by atoms with Gasteiger partial charge in [0.05, 0.1) is 5.52 Å². The van der Waals surface area contributed by atoms with Gasteiger partial charge in [0.15, 0.2) is 0 Å². The Kier molecular flexibility index (Phi) is 4.71. The standard InChI is InChI=1S/C16H20N4/c1-4-7-16(18-12(2)3)17-11-10-15-13-8-5-6-9-14(13)19-20-15/h4-9H,2,10-11H2,1,3H3,(H,17,18)(H,19,20)/b7-4-. The van der Waals surface area contributed by atoms with Crippen molar-refractivity contribution in [3.05, 3.63) is 54.4 Å². The monoisotopic (exact) mass is 268 g/mol. The summed E-state index contributed by atoms with van der Waals surface area (Å²) in [4.78, 5) is 4.55. The van der Waals surface area contributed by atoms with Crippen LogP contribution in [0, 0.1) is 0 Å². The number of amidine groups is 1. The maximum Gasteiger partial charge on any atom is 0.124 e. The molecule has 2 rings (SSSR count). The first kappa shape index (κ1) is 14.1. The van der Waals surface area contributed by atoms with E-state index < -0.39 is 0 Å². The second-order valence-electron chi connectivity index (χ2n) is 4.64. The van der Waals surface area contributed by atoms with Gasteiger partial charge >= 0.3 is 0 Å². The van der Waals surface area contributed by atoms with Crippen molar-refractivity contribution in [2.75, 3.05) is 6.54 Å². The van der Waals surface area contributed by atoms with Crippen LogP contribution in [0.2, 0.25) is 0 Å². The van der Waals surface area contributed by atoms with Gasteiger partial charge in [0, 0.05) is 29.7 Å². The number of nitrogens with zero attached hydrogens (tertiary/aromatic N) is 2. The minimum Gasteiger partial charge on any atom is -0.345 e. The van der Waals surface area contributed by atoms with Crippen LogP contribution in [0.25, 0.3) is 10.9 Å². The van der Waals surface area contributed by atoms with Crippen LogP contribution >= 0.6 is 0 Å². The first-order chi connectivity index (χ1) is 9.70. The zero-order chi connectivity index (χ0) is 14.4. The number of rotatable bonds is 5. The van der Waals surface area contributed by atoms with E-state index in [1.807, 2.05) is 44.2 Å². The minimum absolute atomic E-state index is 0.701. The summed E-state index contributed by atoms with van der Waals surface area (Å²) in [6, 6.07) is 8.11. The highest BCUT2D eigenvalue weighted by Gasteiger charge is 2.03. The number of fused-ring (bicyclic) bond motifs is 1. The summed E-state index contributed by atoms with van der Waals surface area (Å²) in [5.74, 6) is 0.837. The van der Waals surface area contributed by atoms with Gasteiger partial charge in [0.2, 0.25) is 0 Å². The molecule has 0 amide bonds. The quantitative estimate of drug-likeness (QED) is 0.646. The van der Waals surface area contributed by atoms with Gasteiger partial charge < -0.3 is 5.32 Å². The lowest BCUT2D eigenvalue weighted by Gasteiger charge is -2.05. The topological polar surface area (TPSA) is 53.1 Å². The Morgan fingerprint density at radius 3 is 3.00 bits per heavy atom. The maximum atomic E-state index is 4.55. The number of hydrogen-bond acceptors (Lipinski definition) is 2. The lowest BCUT2D eigenvalue weighted by Crippen LogP contribution is -2.19. The molecule has 104 valence electrons. The van der Waals surface area contributed by atoms with Crippen LogP contribution in [-0.4, -0.2) is 22.6 Å². The maximum absolute atomic E-state index is 4.55.